The molecule has 0 radical (unpaired) electrons. The standard InChI is InChI=1S/C15H17FN4O2/c16-11-5-6-14(15(9-11)20(21)22)17-10-12-7-8-19(18-12)13-3-1-2-4-13/h5-9,13,17H,1-4,10H2. The molecule has 1 fully saturated rings. The third kappa shape index (κ3) is 3.08. The zero-order valence-corrected chi connectivity index (χ0v) is 12.0. The summed E-state index contributed by atoms with van der Waals surface area (Å²) in [6.07, 6.45) is 6.72. The molecule has 0 atom stereocenters. The summed E-state index contributed by atoms with van der Waals surface area (Å²) in [5, 5.41) is 18.4. The van der Waals surface area contributed by atoms with Crippen LogP contribution < -0.4 is 5.32 Å². The van der Waals surface area contributed by atoms with E-state index in [-0.39, 0.29) is 5.69 Å². The fraction of sp³-hybridized carbons (Fsp3) is 0.400. The molecule has 3 rings (SSSR count). The first-order chi connectivity index (χ1) is 10.6. The van der Waals surface area contributed by atoms with E-state index in [9.17, 15) is 14.5 Å². The summed E-state index contributed by atoms with van der Waals surface area (Å²) in [6, 6.07) is 5.86. The lowest BCUT2D eigenvalue weighted by Gasteiger charge is -2.09. The minimum absolute atomic E-state index is 0.268. The molecule has 7 heteroatoms. The Hall–Kier alpha value is -2.44. The van der Waals surface area contributed by atoms with Crippen LogP contribution in [0.1, 0.15) is 37.4 Å². The van der Waals surface area contributed by atoms with Gasteiger partial charge < -0.3 is 5.32 Å². The van der Waals surface area contributed by atoms with Crippen LogP contribution in [0.4, 0.5) is 15.8 Å². The van der Waals surface area contributed by atoms with Crippen molar-refractivity contribution in [2.75, 3.05) is 5.32 Å². The third-order valence-corrected chi connectivity index (χ3v) is 3.98. The van der Waals surface area contributed by atoms with Crippen LogP contribution >= 0.6 is 0 Å². The number of nitrogens with one attached hydrogen (secondary N) is 1. The Balaban J connectivity index is 1.69. The van der Waals surface area contributed by atoms with Crippen molar-refractivity contribution in [1.29, 1.82) is 0 Å². The number of anilines is 1. The van der Waals surface area contributed by atoms with Gasteiger partial charge >= 0.3 is 0 Å². The molecule has 116 valence electrons. The van der Waals surface area contributed by atoms with E-state index in [1.54, 1.807) is 0 Å². The SMILES string of the molecule is O=[N+]([O-])c1cc(F)ccc1NCc1ccn(C2CCCC2)n1. The lowest BCUT2D eigenvalue weighted by atomic mass is 10.2. The minimum atomic E-state index is -0.622. The molecule has 1 aliphatic carbocycles. The molecular weight excluding hydrogens is 287 g/mol. The topological polar surface area (TPSA) is 73.0 Å². The first-order valence-electron chi connectivity index (χ1n) is 7.35. The zero-order chi connectivity index (χ0) is 15.5. The fourth-order valence-corrected chi connectivity index (χ4v) is 2.83. The van der Waals surface area contributed by atoms with Crippen molar-refractivity contribution in [1.82, 2.24) is 9.78 Å². The molecule has 0 bridgehead atoms. The van der Waals surface area contributed by atoms with E-state index in [0.717, 1.165) is 24.6 Å². The van der Waals surface area contributed by atoms with Crippen LogP contribution in [0.25, 0.3) is 0 Å². The maximum absolute atomic E-state index is 13.1. The van der Waals surface area contributed by atoms with Gasteiger partial charge in [0.1, 0.15) is 11.5 Å². The van der Waals surface area contributed by atoms with Crippen LogP contribution in [0.2, 0.25) is 0 Å². The monoisotopic (exact) mass is 304 g/mol. The Kier molecular flexibility index (Phi) is 4.04. The van der Waals surface area contributed by atoms with Gasteiger partial charge in [-0.25, -0.2) is 4.39 Å². The van der Waals surface area contributed by atoms with Crippen molar-refractivity contribution < 1.29 is 9.31 Å². The number of benzene rings is 1. The molecule has 1 aromatic carbocycles. The maximum Gasteiger partial charge on any atom is 0.295 e. The summed E-state index contributed by atoms with van der Waals surface area (Å²) in [7, 11) is 0. The summed E-state index contributed by atoms with van der Waals surface area (Å²) >= 11 is 0. The summed E-state index contributed by atoms with van der Waals surface area (Å²) in [5.74, 6) is -0.622. The Morgan fingerprint density at radius 3 is 2.86 bits per heavy atom. The van der Waals surface area contributed by atoms with Crippen LogP contribution in [0.15, 0.2) is 30.5 Å². The van der Waals surface area contributed by atoms with E-state index in [0.29, 0.717) is 18.3 Å². The smallest absolute Gasteiger partial charge is 0.295 e. The van der Waals surface area contributed by atoms with E-state index in [1.165, 1.54) is 25.0 Å². The second kappa shape index (κ2) is 6.13. The summed E-state index contributed by atoms with van der Waals surface area (Å²) in [4.78, 5) is 10.3. The Morgan fingerprint density at radius 2 is 2.14 bits per heavy atom. The van der Waals surface area contributed by atoms with Crippen molar-refractivity contribution in [2.45, 2.75) is 38.3 Å². The lowest BCUT2D eigenvalue weighted by Crippen LogP contribution is -2.07. The van der Waals surface area contributed by atoms with Crippen LogP contribution in [0, 0.1) is 15.9 Å². The molecule has 1 aromatic heterocycles. The Labute approximate surface area is 127 Å². The molecular formula is C15H17FN4O2. The van der Waals surface area contributed by atoms with Crippen molar-refractivity contribution in [3.63, 3.8) is 0 Å². The fourth-order valence-electron chi connectivity index (χ4n) is 2.83. The quantitative estimate of drug-likeness (QED) is 0.676. The van der Waals surface area contributed by atoms with Gasteiger partial charge in [-0.2, -0.15) is 5.10 Å². The van der Waals surface area contributed by atoms with Gasteiger partial charge in [-0.05, 0) is 31.0 Å². The first kappa shape index (κ1) is 14.5. The van der Waals surface area contributed by atoms with Gasteiger partial charge in [0.2, 0.25) is 0 Å². The van der Waals surface area contributed by atoms with Crippen LogP contribution in [-0.4, -0.2) is 14.7 Å². The van der Waals surface area contributed by atoms with E-state index < -0.39 is 10.7 Å². The summed E-state index contributed by atoms with van der Waals surface area (Å²) in [5.41, 5.74) is 0.836. The summed E-state index contributed by atoms with van der Waals surface area (Å²) in [6.45, 7) is 0.367. The highest BCUT2D eigenvalue weighted by Crippen LogP contribution is 2.29. The highest BCUT2D eigenvalue weighted by molar-refractivity contribution is 5.61. The summed E-state index contributed by atoms with van der Waals surface area (Å²) < 4.78 is 15.1. The van der Waals surface area contributed by atoms with Crippen LogP contribution in [0.5, 0.6) is 0 Å². The number of nitro groups is 1. The number of nitrogens with zero attached hydrogens (tertiary/aromatic N) is 3. The minimum Gasteiger partial charge on any atom is -0.374 e. The van der Waals surface area contributed by atoms with Crippen LogP contribution in [-0.2, 0) is 6.54 Å². The molecule has 0 amide bonds. The number of hydrogen-bond donors (Lipinski definition) is 1. The van der Waals surface area contributed by atoms with Gasteiger partial charge in [-0.3, -0.25) is 14.8 Å². The molecule has 0 unspecified atom stereocenters. The van der Waals surface area contributed by atoms with Gasteiger partial charge in [0, 0.05) is 6.20 Å². The Bertz CT molecular complexity index is 680. The molecule has 0 aliphatic heterocycles. The number of nitro benzene ring substituents is 1. The van der Waals surface area contributed by atoms with Gasteiger partial charge in [0.05, 0.1) is 29.3 Å². The van der Waals surface area contributed by atoms with E-state index in [4.69, 9.17) is 0 Å². The van der Waals surface area contributed by atoms with E-state index >= 15 is 0 Å². The second-order valence-electron chi connectivity index (χ2n) is 5.50. The normalized spacial score (nSPS) is 15.1. The molecule has 1 saturated carbocycles. The molecule has 1 N–H and O–H groups in total. The van der Waals surface area contributed by atoms with E-state index in [2.05, 4.69) is 10.4 Å². The first-order valence-corrected chi connectivity index (χ1v) is 7.35. The third-order valence-electron chi connectivity index (χ3n) is 3.98. The second-order valence-corrected chi connectivity index (χ2v) is 5.50. The van der Waals surface area contributed by atoms with E-state index in [1.807, 2.05) is 16.9 Å². The number of aromatic nitrogens is 2. The predicted octanol–water partition coefficient (Wildman–Crippen LogP) is 3.66. The number of hydrogen-bond acceptors (Lipinski definition) is 4. The Morgan fingerprint density at radius 1 is 1.36 bits per heavy atom. The van der Waals surface area contributed by atoms with Gasteiger partial charge in [0.25, 0.3) is 5.69 Å². The highest BCUT2D eigenvalue weighted by atomic mass is 19.1. The predicted molar refractivity (Wildman–Crippen MR) is 80.1 cm³/mol. The zero-order valence-electron chi connectivity index (χ0n) is 12.0. The van der Waals surface area contributed by atoms with Gasteiger partial charge in [-0.1, -0.05) is 12.8 Å². The maximum atomic E-state index is 13.1. The number of rotatable bonds is 5. The van der Waals surface area contributed by atoms with Crippen molar-refractivity contribution >= 4 is 11.4 Å². The molecule has 6 nitrogen and oxygen atoms in total. The number of halogens is 1. The van der Waals surface area contributed by atoms with Crippen molar-refractivity contribution in [3.05, 3.63) is 52.1 Å². The molecule has 0 saturated heterocycles. The molecule has 22 heavy (non-hydrogen) atoms. The average molecular weight is 304 g/mol. The van der Waals surface area contributed by atoms with Crippen molar-refractivity contribution in [3.8, 4) is 0 Å². The van der Waals surface area contributed by atoms with Gasteiger partial charge in [-0.15, -0.1) is 0 Å². The van der Waals surface area contributed by atoms with Crippen molar-refractivity contribution in [2.24, 2.45) is 0 Å². The highest BCUT2D eigenvalue weighted by Gasteiger charge is 2.18. The average Bonchev–Trinajstić information content (AvgIpc) is 3.16. The molecule has 2 aromatic rings. The molecule has 1 heterocycles. The lowest BCUT2D eigenvalue weighted by molar-refractivity contribution is -0.384. The van der Waals surface area contributed by atoms with Crippen LogP contribution in [0.3, 0.4) is 0 Å². The van der Waals surface area contributed by atoms with Gasteiger partial charge in [0.15, 0.2) is 0 Å². The largest absolute Gasteiger partial charge is 0.374 e. The molecule has 0 spiro atoms. The molecule has 1 aliphatic rings.